The molecule has 38 heavy (non-hydrogen) atoms. The second kappa shape index (κ2) is 9.46. The summed E-state index contributed by atoms with van der Waals surface area (Å²) in [6.07, 6.45) is 1.15. The number of aliphatic hydroxyl groups is 1. The minimum atomic E-state index is -0.825. The zero-order valence-corrected chi connectivity index (χ0v) is 22.5. The Hall–Kier alpha value is -3.31. The highest BCUT2D eigenvalue weighted by atomic mass is 32.1. The van der Waals surface area contributed by atoms with E-state index in [-0.39, 0.29) is 18.6 Å². The van der Waals surface area contributed by atoms with Gasteiger partial charge in [0.25, 0.3) is 0 Å². The average Bonchev–Trinajstić information content (AvgIpc) is 3.50. The van der Waals surface area contributed by atoms with Crippen LogP contribution in [-0.4, -0.2) is 44.3 Å². The van der Waals surface area contributed by atoms with Gasteiger partial charge in [0.1, 0.15) is 16.9 Å². The summed E-state index contributed by atoms with van der Waals surface area (Å²) < 4.78 is 13.9. The van der Waals surface area contributed by atoms with Crippen molar-refractivity contribution in [2.75, 3.05) is 23.0 Å². The van der Waals surface area contributed by atoms with Gasteiger partial charge in [0.15, 0.2) is 11.5 Å². The number of anilines is 3. The number of hydrogen-bond acceptors (Lipinski definition) is 10. The molecule has 3 atom stereocenters. The molecule has 2 aromatic carbocycles. The normalized spacial score (nSPS) is 24.0. The van der Waals surface area contributed by atoms with Gasteiger partial charge in [-0.15, -0.1) is 11.3 Å². The minimum absolute atomic E-state index is 0.0285. The fourth-order valence-corrected chi connectivity index (χ4v) is 6.62. The Labute approximate surface area is 225 Å². The van der Waals surface area contributed by atoms with E-state index in [1.54, 1.807) is 11.3 Å². The second-order valence-corrected chi connectivity index (χ2v) is 11.5. The predicted octanol–water partition coefficient (Wildman–Crippen LogP) is 4.92. The number of nitrogens with one attached hydrogen (secondary N) is 2. The molecule has 4 aromatic rings. The predicted molar refractivity (Wildman–Crippen MR) is 150 cm³/mol. The highest BCUT2D eigenvalue weighted by Crippen LogP contribution is 2.50. The molecule has 10 heteroatoms. The van der Waals surface area contributed by atoms with Gasteiger partial charge in [-0.25, -0.2) is 9.97 Å². The van der Waals surface area contributed by atoms with Crippen LogP contribution in [0.5, 0.6) is 0 Å². The van der Waals surface area contributed by atoms with Crippen LogP contribution in [0.3, 0.4) is 0 Å². The van der Waals surface area contributed by atoms with Crippen LogP contribution in [-0.2, 0) is 16.0 Å². The molecule has 3 unspecified atom stereocenters. The average molecular weight is 533 g/mol. The number of fused-ring (bicyclic) bond motifs is 2. The van der Waals surface area contributed by atoms with Crippen molar-refractivity contribution in [3.63, 3.8) is 0 Å². The van der Waals surface area contributed by atoms with Gasteiger partial charge in [-0.3, -0.25) is 0 Å². The van der Waals surface area contributed by atoms with Gasteiger partial charge in [0.05, 0.1) is 21.5 Å². The Morgan fingerprint density at radius 3 is 2.76 bits per heavy atom. The molecule has 2 aliphatic rings. The highest BCUT2D eigenvalue weighted by molar-refractivity contribution is 7.21. The molecular formula is C28H32N6O3S. The first-order chi connectivity index (χ1) is 18.2. The smallest absolute Gasteiger partial charge is 0.225 e. The van der Waals surface area contributed by atoms with Gasteiger partial charge in [-0.2, -0.15) is 4.98 Å². The lowest BCUT2D eigenvalue weighted by Gasteiger charge is -2.31. The van der Waals surface area contributed by atoms with Crippen LogP contribution in [0.15, 0.2) is 48.5 Å². The van der Waals surface area contributed by atoms with E-state index in [0.29, 0.717) is 30.4 Å². The molecule has 1 saturated heterocycles. The van der Waals surface area contributed by atoms with E-state index in [1.807, 2.05) is 63.2 Å². The molecule has 9 nitrogen and oxygen atoms in total. The van der Waals surface area contributed by atoms with Crippen molar-refractivity contribution in [2.24, 2.45) is 5.92 Å². The maximum absolute atomic E-state index is 10.0. The molecular weight excluding hydrogens is 500 g/mol. The number of aryl methyl sites for hydroxylation is 1. The van der Waals surface area contributed by atoms with E-state index < -0.39 is 11.5 Å². The van der Waals surface area contributed by atoms with Gasteiger partial charge in [-0.05, 0) is 63.4 Å². The van der Waals surface area contributed by atoms with Crippen molar-refractivity contribution in [3.05, 3.63) is 59.8 Å². The number of aromatic nitrogens is 3. The number of thiazole rings is 1. The number of ether oxygens (including phenoxy) is 2. The maximum Gasteiger partial charge on any atom is 0.225 e. The second-order valence-electron chi connectivity index (χ2n) is 10.5. The number of hydrogen-bond donors (Lipinski definition) is 4. The first-order valence-electron chi connectivity index (χ1n) is 12.9. The van der Waals surface area contributed by atoms with Crippen molar-refractivity contribution >= 4 is 39.0 Å². The summed E-state index contributed by atoms with van der Waals surface area (Å²) in [7, 11) is 0. The van der Waals surface area contributed by atoms with E-state index in [0.717, 1.165) is 38.5 Å². The van der Waals surface area contributed by atoms with Gasteiger partial charge >= 0.3 is 0 Å². The van der Waals surface area contributed by atoms with E-state index in [1.165, 1.54) is 0 Å². The zero-order valence-electron chi connectivity index (χ0n) is 21.7. The third kappa shape index (κ3) is 4.58. The van der Waals surface area contributed by atoms with Gasteiger partial charge in [0.2, 0.25) is 5.95 Å². The Bertz CT molecular complexity index is 1460. The van der Waals surface area contributed by atoms with Crippen LogP contribution in [0.25, 0.3) is 20.8 Å². The van der Waals surface area contributed by atoms with Crippen molar-refractivity contribution in [1.82, 2.24) is 15.0 Å². The van der Waals surface area contributed by atoms with E-state index in [2.05, 4.69) is 16.7 Å². The van der Waals surface area contributed by atoms with Crippen LogP contribution in [0.2, 0.25) is 0 Å². The van der Waals surface area contributed by atoms with Gasteiger partial charge in [-0.1, -0.05) is 24.3 Å². The van der Waals surface area contributed by atoms with E-state index in [9.17, 15) is 5.11 Å². The van der Waals surface area contributed by atoms with E-state index >= 15 is 0 Å². The Morgan fingerprint density at radius 1 is 1.13 bits per heavy atom. The quantitative estimate of drug-likeness (QED) is 0.245. The summed E-state index contributed by atoms with van der Waals surface area (Å²) in [4.78, 5) is 14.6. The number of aliphatic hydroxyl groups excluding tert-OH is 1. The summed E-state index contributed by atoms with van der Waals surface area (Å²) >= 11 is 1.60. The molecule has 2 fully saturated rings. The largest absolute Gasteiger partial charge is 0.399 e. The fraction of sp³-hybridized carbons (Fsp3) is 0.393. The third-order valence-corrected chi connectivity index (χ3v) is 8.23. The topological polar surface area (TPSA) is 127 Å². The van der Waals surface area contributed by atoms with Crippen LogP contribution >= 0.6 is 11.3 Å². The number of benzene rings is 2. The molecule has 1 aliphatic carbocycles. The van der Waals surface area contributed by atoms with Crippen LogP contribution in [0.1, 0.15) is 37.9 Å². The van der Waals surface area contributed by atoms with Crippen molar-refractivity contribution < 1.29 is 14.6 Å². The molecule has 0 bridgehead atoms. The molecule has 0 spiro atoms. The van der Waals surface area contributed by atoms with Gasteiger partial charge < -0.3 is 30.9 Å². The Kier molecular flexibility index (Phi) is 6.22. The Balaban J connectivity index is 1.41. The number of nitrogen functional groups attached to an aromatic ring is 1. The summed E-state index contributed by atoms with van der Waals surface area (Å²) in [6, 6.07) is 15.8. The van der Waals surface area contributed by atoms with Crippen molar-refractivity contribution in [3.8, 4) is 10.6 Å². The highest BCUT2D eigenvalue weighted by Gasteiger charge is 2.60. The van der Waals surface area contributed by atoms with Crippen molar-refractivity contribution in [2.45, 2.75) is 57.8 Å². The number of nitrogens with two attached hydrogens (primary N) is 1. The maximum atomic E-state index is 10.0. The summed E-state index contributed by atoms with van der Waals surface area (Å²) in [5, 5.41) is 17.9. The molecule has 1 aliphatic heterocycles. The molecule has 0 amide bonds. The lowest BCUT2D eigenvalue weighted by molar-refractivity contribution is -0.168. The minimum Gasteiger partial charge on any atom is -0.399 e. The molecule has 5 N–H and O–H groups in total. The molecule has 2 aromatic heterocycles. The molecule has 198 valence electrons. The molecule has 6 rings (SSSR count). The summed E-state index contributed by atoms with van der Waals surface area (Å²) in [5.74, 6) is 0.286. The lowest BCUT2D eigenvalue weighted by Crippen LogP contribution is -2.46. The number of nitrogens with zero attached hydrogens (tertiary/aromatic N) is 3. The van der Waals surface area contributed by atoms with E-state index in [4.69, 9.17) is 30.2 Å². The Morgan fingerprint density at radius 2 is 1.97 bits per heavy atom. The molecule has 3 heterocycles. The monoisotopic (exact) mass is 532 g/mol. The zero-order chi connectivity index (χ0) is 26.5. The van der Waals surface area contributed by atoms with Crippen LogP contribution in [0, 0.1) is 12.8 Å². The third-order valence-electron chi connectivity index (χ3n) is 7.18. The number of para-hydroxylation sites is 1. The SMILES string of the molecule is Cc1nc(NCc2cccc(N)c2)nc(NC23CCC(CO)C2OC(C)(C)O3)c1-c1nc2ccccc2s1. The first-order valence-corrected chi connectivity index (χ1v) is 13.7. The van der Waals surface area contributed by atoms with Gasteiger partial charge in [0, 0.05) is 24.8 Å². The lowest BCUT2D eigenvalue weighted by atomic mass is 10.0. The summed E-state index contributed by atoms with van der Waals surface area (Å²) in [5.41, 5.74) is 9.43. The standard InChI is InChI=1S/C28H32N6O3S/c1-16-22(25-32-20-9-4-5-10-21(20)38-25)24(33-26(31-16)30-14-17-7-6-8-19(29)13-17)34-28-12-11-18(15-35)23(28)36-27(2,3)37-28/h4-10,13,18,23,35H,11-12,14-15,29H2,1-3H3,(H2,30,31,33,34). The number of rotatable bonds is 7. The van der Waals surface area contributed by atoms with Crippen molar-refractivity contribution in [1.29, 1.82) is 0 Å². The summed E-state index contributed by atoms with van der Waals surface area (Å²) in [6.45, 7) is 6.34. The van der Waals surface area contributed by atoms with Crippen LogP contribution in [0.4, 0.5) is 17.5 Å². The molecule has 0 radical (unpaired) electrons. The fourth-order valence-electron chi connectivity index (χ4n) is 5.55. The first kappa shape index (κ1) is 25.0. The van der Waals surface area contributed by atoms with Crippen LogP contribution < -0.4 is 16.4 Å². The molecule has 1 saturated carbocycles.